The Labute approximate surface area is 127 Å². The summed E-state index contributed by atoms with van der Waals surface area (Å²) < 4.78 is 2.09. The Morgan fingerprint density at radius 1 is 1.24 bits per heavy atom. The first kappa shape index (κ1) is 14.8. The van der Waals surface area contributed by atoms with Gasteiger partial charge in [-0.25, -0.2) is 0 Å². The maximum atomic E-state index is 12.1. The van der Waals surface area contributed by atoms with Crippen LogP contribution in [0.5, 0.6) is 0 Å². The third kappa shape index (κ3) is 4.16. The molecule has 116 valence electrons. The molecule has 0 amide bonds. The van der Waals surface area contributed by atoms with Crippen LogP contribution in [0.15, 0.2) is 12.3 Å². The molecule has 4 nitrogen and oxygen atoms in total. The van der Waals surface area contributed by atoms with Crippen molar-refractivity contribution in [1.29, 1.82) is 0 Å². The van der Waals surface area contributed by atoms with Gasteiger partial charge in [-0.1, -0.05) is 12.8 Å². The van der Waals surface area contributed by atoms with Crippen molar-refractivity contribution in [3.63, 3.8) is 0 Å². The number of piperidine rings is 1. The standard InChI is InChI=1S/C17H27N3O/c21-17(6-5-14-7-10-18-11-8-14)13-15-9-12-20(19-15)16-3-1-2-4-16/h9,12,14,16,18H,1-8,10-11,13H2. The summed E-state index contributed by atoms with van der Waals surface area (Å²) in [7, 11) is 0. The molecule has 1 aliphatic heterocycles. The topological polar surface area (TPSA) is 46.9 Å². The quantitative estimate of drug-likeness (QED) is 0.876. The molecule has 0 aromatic carbocycles. The molecule has 1 saturated heterocycles. The monoisotopic (exact) mass is 289 g/mol. The molecule has 0 bridgehead atoms. The highest BCUT2D eigenvalue weighted by Gasteiger charge is 2.18. The molecule has 1 aromatic rings. The van der Waals surface area contributed by atoms with Crippen LogP contribution in [-0.2, 0) is 11.2 Å². The summed E-state index contributed by atoms with van der Waals surface area (Å²) in [6, 6.07) is 2.60. The Morgan fingerprint density at radius 3 is 2.76 bits per heavy atom. The lowest BCUT2D eigenvalue weighted by Crippen LogP contribution is -2.28. The van der Waals surface area contributed by atoms with Gasteiger partial charge in [0.2, 0.25) is 0 Å². The molecular weight excluding hydrogens is 262 g/mol. The molecular formula is C17H27N3O. The summed E-state index contributed by atoms with van der Waals surface area (Å²) in [5.41, 5.74) is 0.956. The van der Waals surface area contributed by atoms with E-state index in [1.54, 1.807) is 0 Å². The van der Waals surface area contributed by atoms with Gasteiger partial charge < -0.3 is 5.32 Å². The Bertz CT molecular complexity index is 456. The molecule has 0 atom stereocenters. The fraction of sp³-hybridized carbons (Fsp3) is 0.765. The number of Topliss-reactive ketones (excluding diaryl/α,β-unsaturated/α-hetero) is 1. The molecule has 2 fully saturated rings. The molecule has 1 aliphatic carbocycles. The molecule has 0 radical (unpaired) electrons. The molecule has 2 aliphatic rings. The predicted octanol–water partition coefficient (Wildman–Crippen LogP) is 2.89. The number of carbonyl (C=O) groups excluding carboxylic acids is 1. The SMILES string of the molecule is O=C(CCC1CCNCC1)Cc1ccn(C2CCCC2)n1. The van der Waals surface area contributed by atoms with E-state index in [0.717, 1.165) is 37.5 Å². The van der Waals surface area contributed by atoms with Gasteiger partial charge in [0.15, 0.2) is 0 Å². The second-order valence-electron chi connectivity index (χ2n) is 6.67. The van der Waals surface area contributed by atoms with Gasteiger partial charge in [-0.2, -0.15) is 5.10 Å². The van der Waals surface area contributed by atoms with Gasteiger partial charge in [0.1, 0.15) is 5.78 Å². The normalized spacial score (nSPS) is 21.0. The summed E-state index contributed by atoms with van der Waals surface area (Å²) in [5, 5.41) is 7.99. The Balaban J connectivity index is 1.43. The fourth-order valence-electron chi connectivity index (χ4n) is 3.67. The van der Waals surface area contributed by atoms with E-state index < -0.39 is 0 Å². The van der Waals surface area contributed by atoms with Crippen LogP contribution in [0.2, 0.25) is 0 Å². The van der Waals surface area contributed by atoms with Crippen LogP contribution < -0.4 is 5.32 Å². The summed E-state index contributed by atoms with van der Waals surface area (Å²) >= 11 is 0. The van der Waals surface area contributed by atoms with Crippen molar-refractivity contribution in [2.24, 2.45) is 5.92 Å². The highest BCUT2D eigenvalue weighted by atomic mass is 16.1. The van der Waals surface area contributed by atoms with Crippen LogP contribution in [-0.4, -0.2) is 28.7 Å². The predicted molar refractivity (Wildman–Crippen MR) is 83.3 cm³/mol. The molecule has 2 heterocycles. The van der Waals surface area contributed by atoms with Gasteiger partial charge in [-0.3, -0.25) is 9.48 Å². The number of rotatable bonds is 6. The Hall–Kier alpha value is -1.16. The third-order valence-corrected chi connectivity index (χ3v) is 5.03. The fourth-order valence-corrected chi connectivity index (χ4v) is 3.67. The van der Waals surface area contributed by atoms with Crippen LogP contribution >= 0.6 is 0 Å². The molecule has 0 unspecified atom stereocenters. The minimum absolute atomic E-state index is 0.352. The van der Waals surface area contributed by atoms with Crippen LogP contribution in [0.25, 0.3) is 0 Å². The number of nitrogens with one attached hydrogen (secondary N) is 1. The molecule has 1 N–H and O–H groups in total. The number of ketones is 1. The average molecular weight is 289 g/mol. The maximum Gasteiger partial charge on any atom is 0.138 e. The van der Waals surface area contributed by atoms with Crippen LogP contribution in [0.3, 0.4) is 0 Å². The maximum absolute atomic E-state index is 12.1. The minimum Gasteiger partial charge on any atom is -0.317 e. The number of nitrogens with zero attached hydrogens (tertiary/aromatic N) is 2. The summed E-state index contributed by atoms with van der Waals surface area (Å²) in [6.07, 6.45) is 11.9. The highest BCUT2D eigenvalue weighted by Crippen LogP contribution is 2.28. The lowest BCUT2D eigenvalue weighted by Gasteiger charge is -2.21. The number of hydrogen-bond acceptors (Lipinski definition) is 3. The molecule has 21 heavy (non-hydrogen) atoms. The van der Waals surface area contributed by atoms with E-state index in [1.165, 1.54) is 38.5 Å². The first-order chi connectivity index (χ1) is 10.3. The molecule has 3 rings (SSSR count). The third-order valence-electron chi connectivity index (χ3n) is 5.03. The van der Waals surface area contributed by atoms with Crippen molar-refractivity contribution in [1.82, 2.24) is 15.1 Å². The van der Waals surface area contributed by atoms with E-state index in [1.807, 2.05) is 6.07 Å². The van der Waals surface area contributed by atoms with Gasteiger partial charge in [-0.15, -0.1) is 0 Å². The van der Waals surface area contributed by atoms with Crippen LogP contribution in [0.1, 0.15) is 63.1 Å². The van der Waals surface area contributed by atoms with Crippen molar-refractivity contribution >= 4 is 5.78 Å². The molecule has 1 aromatic heterocycles. The highest BCUT2D eigenvalue weighted by molar-refractivity contribution is 5.80. The van der Waals surface area contributed by atoms with Gasteiger partial charge in [0.25, 0.3) is 0 Å². The number of hydrogen-bond donors (Lipinski definition) is 1. The zero-order chi connectivity index (χ0) is 14.5. The number of aromatic nitrogens is 2. The number of carbonyl (C=O) groups is 1. The van der Waals surface area contributed by atoms with Crippen molar-refractivity contribution in [2.45, 2.75) is 63.8 Å². The molecule has 4 heteroatoms. The van der Waals surface area contributed by atoms with Gasteiger partial charge in [0, 0.05) is 12.6 Å². The van der Waals surface area contributed by atoms with Gasteiger partial charge >= 0.3 is 0 Å². The van der Waals surface area contributed by atoms with Crippen LogP contribution in [0, 0.1) is 5.92 Å². The molecule has 0 spiro atoms. The summed E-state index contributed by atoms with van der Waals surface area (Å²) in [6.45, 7) is 2.23. The summed E-state index contributed by atoms with van der Waals surface area (Å²) in [5.74, 6) is 1.09. The van der Waals surface area contributed by atoms with Crippen molar-refractivity contribution in [2.75, 3.05) is 13.1 Å². The largest absolute Gasteiger partial charge is 0.317 e. The minimum atomic E-state index is 0.352. The lowest BCUT2D eigenvalue weighted by molar-refractivity contribution is -0.118. The van der Waals surface area contributed by atoms with Crippen molar-refractivity contribution in [3.05, 3.63) is 18.0 Å². The van der Waals surface area contributed by atoms with E-state index >= 15 is 0 Å². The van der Waals surface area contributed by atoms with E-state index in [-0.39, 0.29) is 0 Å². The lowest BCUT2D eigenvalue weighted by atomic mass is 9.92. The average Bonchev–Trinajstić information content (AvgIpc) is 3.17. The Kier molecular flexibility index (Phi) is 5.07. The van der Waals surface area contributed by atoms with Crippen molar-refractivity contribution < 1.29 is 4.79 Å². The van der Waals surface area contributed by atoms with Gasteiger partial charge in [-0.05, 0) is 57.2 Å². The second kappa shape index (κ2) is 7.21. The van der Waals surface area contributed by atoms with E-state index in [4.69, 9.17) is 0 Å². The van der Waals surface area contributed by atoms with E-state index in [2.05, 4.69) is 21.3 Å². The molecule has 1 saturated carbocycles. The smallest absolute Gasteiger partial charge is 0.138 e. The first-order valence-electron chi connectivity index (χ1n) is 8.58. The van der Waals surface area contributed by atoms with Crippen molar-refractivity contribution in [3.8, 4) is 0 Å². The van der Waals surface area contributed by atoms with Gasteiger partial charge in [0.05, 0.1) is 18.2 Å². The van der Waals surface area contributed by atoms with Crippen LogP contribution in [0.4, 0.5) is 0 Å². The first-order valence-corrected chi connectivity index (χ1v) is 8.58. The van der Waals surface area contributed by atoms with E-state index in [9.17, 15) is 4.79 Å². The zero-order valence-corrected chi connectivity index (χ0v) is 12.9. The zero-order valence-electron chi connectivity index (χ0n) is 12.9. The Morgan fingerprint density at radius 2 is 2.00 bits per heavy atom. The second-order valence-corrected chi connectivity index (χ2v) is 6.67. The van der Waals surface area contributed by atoms with E-state index in [0.29, 0.717) is 18.2 Å². The summed E-state index contributed by atoms with van der Waals surface area (Å²) in [4.78, 5) is 12.1.